The molecule has 0 amide bonds. The molecule has 0 aliphatic heterocycles. The minimum absolute atomic E-state index is 0.735. The molecule has 90 valence electrons. The number of nitrogens with one attached hydrogen (secondary N) is 1. The lowest BCUT2D eigenvalue weighted by Crippen LogP contribution is -2.20. The summed E-state index contributed by atoms with van der Waals surface area (Å²) >= 11 is 0. The lowest BCUT2D eigenvalue weighted by atomic mass is 10.0. The lowest BCUT2D eigenvalue weighted by molar-refractivity contribution is 0.269. The Hall–Kier alpha value is -1.02. The Balaban J connectivity index is 2.22. The fraction of sp³-hybridized carbons (Fsp3) is 0.571. The van der Waals surface area contributed by atoms with Crippen molar-refractivity contribution >= 4 is 0 Å². The van der Waals surface area contributed by atoms with Gasteiger partial charge in [-0.05, 0) is 44.5 Å². The van der Waals surface area contributed by atoms with E-state index in [9.17, 15) is 0 Å². The van der Waals surface area contributed by atoms with Gasteiger partial charge in [0.05, 0.1) is 6.61 Å². The van der Waals surface area contributed by atoms with Crippen LogP contribution in [0.1, 0.15) is 26.2 Å². The molecule has 2 nitrogen and oxygen atoms in total. The van der Waals surface area contributed by atoms with Gasteiger partial charge in [0.15, 0.2) is 0 Å². The average molecular weight is 221 g/mol. The standard InChI is InChI=1S/C14H23NO/c1-3-7-13(12-15-2)10-11-16-14-8-5-4-6-9-14/h4-6,8-9,13,15H,3,7,10-12H2,1-2H3. The second-order valence-electron chi connectivity index (χ2n) is 4.16. The van der Waals surface area contributed by atoms with Gasteiger partial charge in [0.1, 0.15) is 5.75 Å². The quantitative estimate of drug-likeness (QED) is 0.728. The molecule has 0 saturated carbocycles. The first-order valence-corrected chi connectivity index (χ1v) is 6.19. The van der Waals surface area contributed by atoms with Crippen LogP contribution in [0.15, 0.2) is 30.3 Å². The third-order valence-electron chi connectivity index (χ3n) is 2.73. The maximum absolute atomic E-state index is 5.70. The molecule has 0 radical (unpaired) electrons. The highest BCUT2D eigenvalue weighted by atomic mass is 16.5. The van der Waals surface area contributed by atoms with E-state index in [2.05, 4.69) is 12.2 Å². The number of hydrogen-bond acceptors (Lipinski definition) is 2. The van der Waals surface area contributed by atoms with Crippen LogP contribution in [0, 0.1) is 5.92 Å². The monoisotopic (exact) mass is 221 g/mol. The minimum Gasteiger partial charge on any atom is -0.494 e. The summed E-state index contributed by atoms with van der Waals surface area (Å²) in [5.74, 6) is 1.71. The molecule has 0 spiro atoms. The predicted molar refractivity (Wildman–Crippen MR) is 68.9 cm³/mol. The second kappa shape index (κ2) is 8.17. The van der Waals surface area contributed by atoms with Gasteiger partial charge in [0.25, 0.3) is 0 Å². The highest BCUT2D eigenvalue weighted by molar-refractivity contribution is 5.20. The van der Waals surface area contributed by atoms with Crippen LogP contribution in [0.3, 0.4) is 0 Å². The number of para-hydroxylation sites is 1. The molecule has 0 aliphatic rings. The van der Waals surface area contributed by atoms with Crippen LogP contribution in [0.4, 0.5) is 0 Å². The summed E-state index contributed by atoms with van der Waals surface area (Å²) < 4.78 is 5.70. The molecule has 1 aromatic rings. The van der Waals surface area contributed by atoms with Gasteiger partial charge in [-0.15, -0.1) is 0 Å². The molecule has 0 aliphatic carbocycles. The van der Waals surface area contributed by atoms with Crippen molar-refractivity contribution < 1.29 is 4.74 Å². The van der Waals surface area contributed by atoms with Crippen molar-refractivity contribution in [1.29, 1.82) is 0 Å². The van der Waals surface area contributed by atoms with Crippen LogP contribution in [-0.4, -0.2) is 20.2 Å². The summed E-state index contributed by atoms with van der Waals surface area (Å²) in [6.07, 6.45) is 3.65. The van der Waals surface area contributed by atoms with E-state index in [1.165, 1.54) is 12.8 Å². The molecule has 1 atom stereocenters. The average Bonchev–Trinajstić information content (AvgIpc) is 2.31. The van der Waals surface area contributed by atoms with E-state index in [-0.39, 0.29) is 0 Å². The zero-order valence-electron chi connectivity index (χ0n) is 10.4. The SMILES string of the molecule is CCCC(CCOc1ccccc1)CNC. The maximum atomic E-state index is 5.70. The molecule has 0 heterocycles. The number of benzene rings is 1. The third-order valence-corrected chi connectivity index (χ3v) is 2.73. The van der Waals surface area contributed by atoms with Gasteiger partial charge in [0, 0.05) is 0 Å². The van der Waals surface area contributed by atoms with Crippen LogP contribution in [0.2, 0.25) is 0 Å². The summed E-state index contributed by atoms with van der Waals surface area (Å²) in [5.41, 5.74) is 0. The third kappa shape index (κ3) is 5.17. The Morgan fingerprint density at radius 1 is 1.19 bits per heavy atom. The van der Waals surface area contributed by atoms with Crippen LogP contribution >= 0.6 is 0 Å². The van der Waals surface area contributed by atoms with E-state index >= 15 is 0 Å². The predicted octanol–water partition coefficient (Wildman–Crippen LogP) is 3.09. The molecule has 0 bridgehead atoms. The highest BCUT2D eigenvalue weighted by Gasteiger charge is 2.06. The first kappa shape index (κ1) is 13.0. The van der Waals surface area contributed by atoms with Gasteiger partial charge in [0.2, 0.25) is 0 Å². The van der Waals surface area contributed by atoms with E-state index in [1.807, 2.05) is 37.4 Å². The van der Waals surface area contributed by atoms with Gasteiger partial charge in [-0.1, -0.05) is 31.5 Å². The van der Waals surface area contributed by atoms with E-state index in [0.717, 1.165) is 31.2 Å². The molecule has 2 heteroatoms. The smallest absolute Gasteiger partial charge is 0.119 e. The molecule has 16 heavy (non-hydrogen) atoms. The Bertz CT molecular complexity index is 255. The second-order valence-corrected chi connectivity index (χ2v) is 4.16. The molecule has 0 saturated heterocycles. The van der Waals surface area contributed by atoms with Crippen molar-refractivity contribution in [2.45, 2.75) is 26.2 Å². The van der Waals surface area contributed by atoms with Crippen LogP contribution < -0.4 is 10.1 Å². The van der Waals surface area contributed by atoms with E-state index in [1.54, 1.807) is 0 Å². The van der Waals surface area contributed by atoms with Gasteiger partial charge >= 0.3 is 0 Å². The summed E-state index contributed by atoms with van der Waals surface area (Å²) in [4.78, 5) is 0. The van der Waals surface area contributed by atoms with Gasteiger partial charge in [-0.25, -0.2) is 0 Å². The molecule has 1 unspecified atom stereocenters. The first-order chi connectivity index (χ1) is 7.86. The zero-order chi connectivity index (χ0) is 11.6. The first-order valence-electron chi connectivity index (χ1n) is 6.19. The number of rotatable bonds is 8. The Kier molecular flexibility index (Phi) is 6.66. The largest absolute Gasteiger partial charge is 0.494 e. The zero-order valence-corrected chi connectivity index (χ0v) is 10.4. The van der Waals surface area contributed by atoms with Gasteiger partial charge in [-0.2, -0.15) is 0 Å². The summed E-state index contributed by atoms with van der Waals surface area (Å²) in [7, 11) is 2.01. The normalized spacial score (nSPS) is 12.4. The Labute approximate surface area is 99.0 Å². The fourth-order valence-corrected chi connectivity index (χ4v) is 1.91. The van der Waals surface area contributed by atoms with Gasteiger partial charge in [-0.3, -0.25) is 0 Å². The van der Waals surface area contributed by atoms with Gasteiger partial charge < -0.3 is 10.1 Å². The fourth-order valence-electron chi connectivity index (χ4n) is 1.91. The maximum Gasteiger partial charge on any atom is 0.119 e. The van der Waals surface area contributed by atoms with Crippen molar-refractivity contribution in [3.8, 4) is 5.75 Å². The summed E-state index contributed by atoms with van der Waals surface area (Å²) in [6, 6.07) is 10.0. The molecule has 1 rings (SSSR count). The molecule has 1 N–H and O–H groups in total. The van der Waals surface area contributed by atoms with Crippen LogP contribution in [0.5, 0.6) is 5.75 Å². The summed E-state index contributed by atoms with van der Waals surface area (Å²) in [6.45, 7) is 4.14. The van der Waals surface area contributed by atoms with Crippen molar-refractivity contribution in [3.63, 3.8) is 0 Å². The van der Waals surface area contributed by atoms with Crippen molar-refractivity contribution in [3.05, 3.63) is 30.3 Å². The molecule has 0 fully saturated rings. The number of hydrogen-bond donors (Lipinski definition) is 1. The molecular formula is C14H23NO. The highest BCUT2D eigenvalue weighted by Crippen LogP contribution is 2.13. The molecule has 0 aromatic heterocycles. The lowest BCUT2D eigenvalue weighted by Gasteiger charge is -2.15. The van der Waals surface area contributed by atoms with Crippen molar-refractivity contribution in [2.75, 3.05) is 20.2 Å². The van der Waals surface area contributed by atoms with Crippen LogP contribution in [-0.2, 0) is 0 Å². The minimum atomic E-state index is 0.735. The topological polar surface area (TPSA) is 21.3 Å². The summed E-state index contributed by atoms with van der Waals surface area (Å²) in [5, 5.41) is 3.25. The van der Waals surface area contributed by atoms with E-state index in [0.29, 0.717) is 0 Å². The Morgan fingerprint density at radius 3 is 2.56 bits per heavy atom. The van der Waals surface area contributed by atoms with Crippen molar-refractivity contribution in [1.82, 2.24) is 5.32 Å². The number of ether oxygens (including phenoxy) is 1. The molecule has 1 aromatic carbocycles. The van der Waals surface area contributed by atoms with Crippen molar-refractivity contribution in [2.24, 2.45) is 5.92 Å². The van der Waals surface area contributed by atoms with E-state index in [4.69, 9.17) is 4.74 Å². The van der Waals surface area contributed by atoms with Crippen LogP contribution in [0.25, 0.3) is 0 Å². The van der Waals surface area contributed by atoms with E-state index < -0.39 is 0 Å². The molecular weight excluding hydrogens is 198 g/mol. The Morgan fingerprint density at radius 2 is 1.94 bits per heavy atom.